The maximum Gasteiger partial charge on any atom is 0.321 e. The fourth-order valence-electron chi connectivity index (χ4n) is 2.57. The van der Waals surface area contributed by atoms with Gasteiger partial charge in [0, 0.05) is 32.7 Å². The molecule has 0 aromatic heterocycles. The number of carbonyl (C=O) groups excluding carboxylic acids is 2. The Morgan fingerprint density at radius 2 is 1.81 bits per heavy atom. The Bertz CT molecular complexity index is 748. The molecule has 0 saturated carbocycles. The maximum absolute atomic E-state index is 12.7. The first-order chi connectivity index (χ1) is 12.3. The summed E-state index contributed by atoms with van der Waals surface area (Å²) in [5.41, 5.74) is 0. The van der Waals surface area contributed by atoms with Crippen molar-refractivity contribution >= 4 is 33.6 Å². The molecule has 0 unspecified atom stereocenters. The van der Waals surface area contributed by atoms with E-state index in [1.807, 2.05) is 6.92 Å². The molecule has 0 atom stereocenters. The van der Waals surface area contributed by atoms with Crippen molar-refractivity contribution in [2.24, 2.45) is 0 Å². The Hall–Kier alpha value is -1.68. The minimum atomic E-state index is -3.66. The van der Waals surface area contributed by atoms with E-state index in [4.69, 9.17) is 11.6 Å². The van der Waals surface area contributed by atoms with Crippen LogP contribution in [0.1, 0.15) is 13.3 Å². The number of imide groups is 1. The SMILES string of the molecule is CCCNC(=O)NC(=O)CN1CCN(S(=O)(=O)c2ccccc2Cl)CC1. The van der Waals surface area contributed by atoms with Gasteiger partial charge in [-0.3, -0.25) is 15.0 Å². The normalized spacial score (nSPS) is 16.2. The number of halogens is 1. The van der Waals surface area contributed by atoms with Gasteiger partial charge in [0.25, 0.3) is 0 Å². The van der Waals surface area contributed by atoms with Gasteiger partial charge in [0.05, 0.1) is 11.6 Å². The zero-order valence-corrected chi connectivity index (χ0v) is 16.1. The highest BCUT2D eigenvalue weighted by atomic mass is 35.5. The van der Waals surface area contributed by atoms with Crippen LogP contribution in [-0.4, -0.2) is 68.8 Å². The van der Waals surface area contributed by atoms with Gasteiger partial charge in [-0.05, 0) is 18.6 Å². The van der Waals surface area contributed by atoms with Crippen LogP contribution < -0.4 is 10.6 Å². The number of nitrogens with zero attached hydrogens (tertiary/aromatic N) is 2. The number of nitrogens with one attached hydrogen (secondary N) is 2. The predicted octanol–water partition coefficient (Wildman–Crippen LogP) is 0.882. The van der Waals surface area contributed by atoms with Crippen LogP contribution in [0, 0.1) is 0 Å². The van der Waals surface area contributed by atoms with Crippen LogP contribution in [-0.2, 0) is 14.8 Å². The van der Waals surface area contributed by atoms with Gasteiger partial charge in [0.15, 0.2) is 0 Å². The Morgan fingerprint density at radius 1 is 1.15 bits per heavy atom. The molecule has 1 aromatic carbocycles. The summed E-state index contributed by atoms with van der Waals surface area (Å²) in [6.07, 6.45) is 0.781. The second-order valence-corrected chi connectivity index (χ2v) is 8.23. The maximum atomic E-state index is 12.7. The third-order valence-electron chi connectivity index (χ3n) is 3.94. The molecule has 2 N–H and O–H groups in total. The average molecular weight is 403 g/mol. The number of benzene rings is 1. The van der Waals surface area contributed by atoms with Crippen LogP contribution in [0.3, 0.4) is 0 Å². The Kier molecular flexibility index (Phi) is 7.39. The fraction of sp³-hybridized carbons (Fsp3) is 0.500. The number of hydrogen-bond acceptors (Lipinski definition) is 5. The van der Waals surface area contributed by atoms with Gasteiger partial charge < -0.3 is 5.32 Å². The molecule has 1 aromatic rings. The Balaban J connectivity index is 1.86. The first-order valence-electron chi connectivity index (χ1n) is 8.39. The highest BCUT2D eigenvalue weighted by Crippen LogP contribution is 2.24. The van der Waals surface area contributed by atoms with Crippen molar-refractivity contribution in [3.8, 4) is 0 Å². The van der Waals surface area contributed by atoms with Crippen LogP contribution >= 0.6 is 11.6 Å². The largest absolute Gasteiger partial charge is 0.338 e. The second kappa shape index (κ2) is 9.31. The third-order valence-corrected chi connectivity index (χ3v) is 6.34. The lowest BCUT2D eigenvalue weighted by Gasteiger charge is -2.33. The molecular weight excluding hydrogens is 380 g/mol. The quantitative estimate of drug-likeness (QED) is 0.736. The molecule has 1 saturated heterocycles. The molecule has 0 radical (unpaired) electrons. The number of rotatable bonds is 6. The Labute approximate surface area is 158 Å². The third kappa shape index (κ3) is 5.41. The number of hydrogen-bond donors (Lipinski definition) is 2. The van der Waals surface area contributed by atoms with E-state index in [-0.39, 0.29) is 29.6 Å². The molecule has 8 nitrogen and oxygen atoms in total. The lowest BCUT2D eigenvalue weighted by molar-refractivity contribution is -0.121. The van der Waals surface area contributed by atoms with E-state index in [0.717, 1.165) is 6.42 Å². The summed E-state index contributed by atoms with van der Waals surface area (Å²) in [4.78, 5) is 25.2. The van der Waals surface area contributed by atoms with Crippen molar-refractivity contribution in [3.05, 3.63) is 29.3 Å². The minimum absolute atomic E-state index is 0.0412. The molecule has 0 aliphatic carbocycles. The van der Waals surface area contributed by atoms with Crippen LogP contribution in [0.2, 0.25) is 5.02 Å². The van der Waals surface area contributed by atoms with E-state index in [2.05, 4.69) is 10.6 Å². The lowest BCUT2D eigenvalue weighted by Crippen LogP contribution is -2.52. The summed E-state index contributed by atoms with van der Waals surface area (Å²) in [5.74, 6) is -0.416. The number of sulfonamides is 1. The summed E-state index contributed by atoms with van der Waals surface area (Å²) in [6.45, 7) is 3.75. The number of amides is 3. The summed E-state index contributed by atoms with van der Waals surface area (Å²) in [7, 11) is -3.66. The molecule has 26 heavy (non-hydrogen) atoms. The number of piperazine rings is 1. The number of carbonyl (C=O) groups is 2. The summed E-state index contributed by atoms with van der Waals surface area (Å²) >= 11 is 6.00. The predicted molar refractivity (Wildman–Crippen MR) is 98.5 cm³/mol. The molecule has 144 valence electrons. The zero-order valence-electron chi connectivity index (χ0n) is 14.6. The molecule has 1 aliphatic rings. The fourth-order valence-corrected chi connectivity index (χ4v) is 4.49. The van der Waals surface area contributed by atoms with E-state index in [0.29, 0.717) is 19.6 Å². The lowest BCUT2D eigenvalue weighted by atomic mass is 10.3. The van der Waals surface area contributed by atoms with Gasteiger partial charge in [-0.25, -0.2) is 13.2 Å². The highest BCUT2D eigenvalue weighted by Gasteiger charge is 2.30. The zero-order chi connectivity index (χ0) is 19.2. The first kappa shape index (κ1) is 20.6. The molecule has 1 aliphatic heterocycles. The van der Waals surface area contributed by atoms with E-state index < -0.39 is 22.0 Å². The standard InChI is InChI=1S/C16H23ClN4O4S/c1-2-7-18-16(23)19-15(22)12-20-8-10-21(11-9-20)26(24,25)14-6-4-3-5-13(14)17/h3-6H,2,7-12H2,1H3,(H2,18,19,22,23). The molecule has 0 bridgehead atoms. The van der Waals surface area contributed by atoms with Crippen molar-refractivity contribution in [1.82, 2.24) is 19.8 Å². The summed E-state index contributed by atoms with van der Waals surface area (Å²) in [6, 6.07) is 5.81. The monoisotopic (exact) mass is 402 g/mol. The molecule has 1 heterocycles. The summed E-state index contributed by atoms with van der Waals surface area (Å²) < 4.78 is 26.7. The first-order valence-corrected chi connectivity index (χ1v) is 10.2. The van der Waals surface area contributed by atoms with E-state index >= 15 is 0 Å². The average Bonchev–Trinajstić information content (AvgIpc) is 2.60. The molecule has 0 spiro atoms. The van der Waals surface area contributed by atoms with E-state index in [1.54, 1.807) is 23.1 Å². The van der Waals surface area contributed by atoms with Crippen molar-refractivity contribution in [2.75, 3.05) is 39.3 Å². The van der Waals surface area contributed by atoms with Crippen LogP contribution in [0.4, 0.5) is 4.79 Å². The van der Waals surface area contributed by atoms with Gasteiger partial charge in [-0.1, -0.05) is 30.7 Å². The van der Waals surface area contributed by atoms with Crippen molar-refractivity contribution < 1.29 is 18.0 Å². The smallest absolute Gasteiger partial charge is 0.321 e. The van der Waals surface area contributed by atoms with Crippen LogP contribution in [0.15, 0.2) is 29.2 Å². The molecule has 10 heteroatoms. The van der Waals surface area contributed by atoms with E-state index in [9.17, 15) is 18.0 Å². The van der Waals surface area contributed by atoms with Gasteiger partial charge in [0.2, 0.25) is 15.9 Å². The van der Waals surface area contributed by atoms with Crippen molar-refractivity contribution in [1.29, 1.82) is 0 Å². The molecule has 2 rings (SSSR count). The van der Waals surface area contributed by atoms with Crippen molar-refractivity contribution in [3.63, 3.8) is 0 Å². The van der Waals surface area contributed by atoms with Gasteiger partial charge in [-0.15, -0.1) is 0 Å². The van der Waals surface area contributed by atoms with Gasteiger partial charge in [-0.2, -0.15) is 4.31 Å². The highest BCUT2D eigenvalue weighted by molar-refractivity contribution is 7.89. The summed E-state index contributed by atoms with van der Waals surface area (Å²) in [5, 5.41) is 5.01. The van der Waals surface area contributed by atoms with Crippen LogP contribution in [0.25, 0.3) is 0 Å². The van der Waals surface area contributed by atoms with Gasteiger partial charge in [0.1, 0.15) is 4.90 Å². The number of urea groups is 1. The second-order valence-electron chi connectivity index (χ2n) is 5.91. The molecule has 1 fully saturated rings. The van der Waals surface area contributed by atoms with E-state index in [1.165, 1.54) is 10.4 Å². The minimum Gasteiger partial charge on any atom is -0.338 e. The van der Waals surface area contributed by atoms with Crippen LogP contribution in [0.5, 0.6) is 0 Å². The Morgan fingerprint density at radius 3 is 2.42 bits per heavy atom. The molecular formula is C16H23ClN4O4S. The van der Waals surface area contributed by atoms with Crippen molar-refractivity contribution in [2.45, 2.75) is 18.2 Å². The molecule has 3 amide bonds. The van der Waals surface area contributed by atoms with Gasteiger partial charge >= 0.3 is 6.03 Å². The topological polar surface area (TPSA) is 98.8 Å².